The van der Waals surface area contributed by atoms with Gasteiger partial charge in [-0.25, -0.2) is 0 Å². The second kappa shape index (κ2) is 6.38. The molecule has 86 valence electrons. The highest BCUT2D eigenvalue weighted by molar-refractivity contribution is 4.79. The summed E-state index contributed by atoms with van der Waals surface area (Å²) in [6.07, 6.45) is 2.42. The molecule has 0 bridgehead atoms. The minimum Gasteiger partial charge on any atom is -0.385 e. The van der Waals surface area contributed by atoms with Gasteiger partial charge in [0.05, 0.1) is 0 Å². The summed E-state index contributed by atoms with van der Waals surface area (Å²) >= 11 is 0. The van der Waals surface area contributed by atoms with Crippen molar-refractivity contribution in [3.8, 4) is 0 Å². The molecule has 0 aliphatic carbocycles. The van der Waals surface area contributed by atoms with E-state index in [0.29, 0.717) is 12.3 Å². The summed E-state index contributed by atoms with van der Waals surface area (Å²) in [5.74, 6) is 0.489. The molecular weight excluding hydrogens is 180 g/mol. The van der Waals surface area contributed by atoms with Crippen molar-refractivity contribution in [1.29, 1.82) is 0 Å². The Kier molecular flexibility index (Phi) is 6.33. The SMILES string of the molecule is CCCC(C)CC(C)(O)C(OC)OC. The molecule has 0 aromatic carbocycles. The zero-order chi connectivity index (χ0) is 11.2. The molecule has 0 radical (unpaired) electrons. The van der Waals surface area contributed by atoms with Gasteiger partial charge < -0.3 is 14.6 Å². The van der Waals surface area contributed by atoms with Crippen molar-refractivity contribution >= 4 is 0 Å². The van der Waals surface area contributed by atoms with Gasteiger partial charge >= 0.3 is 0 Å². The van der Waals surface area contributed by atoms with Gasteiger partial charge in [-0.1, -0.05) is 26.7 Å². The van der Waals surface area contributed by atoms with E-state index in [2.05, 4.69) is 13.8 Å². The van der Waals surface area contributed by atoms with Crippen molar-refractivity contribution < 1.29 is 14.6 Å². The standard InChI is InChI=1S/C11H24O3/c1-6-7-9(2)8-11(3,12)10(13-4)14-5/h9-10,12H,6-8H2,1-5H3. The zero-order valence-electron chi connectivity index (χ0n) is 10.0. The minimum atomic E-state index is -0.905. The normalized spacial score (nSPS) is 18.2. The predicted molar refractivity (Wildman–Crippen MR) is 57.1 cm³/mol. The molecule has 2 unspecified atom stereocenters. The highest BCUT2D eigenvalue weighted by Gasteiger charge is 2.33. The first-order chi connectivity index (χ1) is 6.47. The van der Waals surface area contributed by atoms with Crippen LogP contribution in [0.25, 0.3) is 0 Å². The first kappa shape index (κ1) is 13.9. The molecular formula is C11H24O3. The maximum absolute atomic E-state index is 10.1. The molecule has 14 heavy (non-hydrogen) atoms. The molecule has 0 fully saturated rings. The van der Waals surface area contributed by atoms with Gasteiger partial charge in [0, 0.05) is 14.2 Å². The lowest BCUT2D eigenvalue weighted by molar-refractivity contribution is -0.213. The molecule has 0 aromatic heterocycles. The van der Waals surface area contributed by atoms with Crippen molar-refractivity contribution in [1.82, 2.24) is 0 Å². The summed E-state index contributed by atoms with van der Waals surface area (Å²) in [5.41, 5.74) is -0.905. The molecule has 0 rings (SSSR count). The third-order valence-electron chi connectivity index (χ3n) is 2.48. The molecule has 0 spiro atoms. The topological polar surface area (TPSA) is 38.7 Å². The molecule has 1 N–H and O–H groups in total. The van der Waals surface area contributed by atoms with Crippen LogP contribution in [-0.2, 0) is 9.47 Å². The fourth-order valence-electron chi connectivity index (χ4n) is 2.00. The Morgan fingerprint density at radius 3 is 2.14 bits per heavy atom. The van der Waals surface area contributed by atoms with Gasteiger partial charge in [0.2, 0.25) is 0 Å². The van der Waals surface area contributed by atoms with Crippen LogP contribution in [0.2, 0.25) is 0 Å². The highest BCUT2D eigenvalue weighted by atomic mass is 16.7. The van der Waals surface area contributed by atoms with Gasteiger partial charge in [0.1, 0.15) is 5.60 Å². The lowest BCUT2D eigenvalue weighted by Gasteiger charge is -2.32. The quantitative estimate of drug-likeness (QED) is 0.646. The molecule has 0 saturated carbocycles. The van der Waals surface area contributed by atoms with Gasteiger partial charge in [-0.2, -0.15) is 0 Å². The van der Waals surface area contributed by atoms with Crippen LogP contribution in [0.5, 0.6) is 0 Å². The van der Waals surface area contributed by atoms with Crippen molar-refractivity contribution in [3.63, 3.8) is 0 Å². The average molecular weight is 204 g/mol. The maximum Gasteiger partial charge on any atom is 0.185 e. The monoisotopic (exact) mass is 204 g/mol. The van der Waals surface area contributed by atoms with E-state index in [4.69, 9.17) is 9.47 Å². The van der Waals surface area contributed by atoms with Crippen molar-refractivity contribution in [3.05, 3.63) is 0 Å². The molecule has 0 aliphatic heterocycles. The van der Waals surface area contributed by atoms with E-state index in [0.717, 1.165) is 12.8 Å². The maximum atomic E-state index is 10.1. The lowest BCUT2D eigenvalue weighted by atomic mass is 9.90. The molecule has 0 amide bonds. The smallest absolute Gasteiger partial charge is 0.185 e. The van der Waals surface area contributed by atoms with Crippen molar-refractivity contribution in [2.45, 2.75) is 51.9 Å². The predicted octanol–water partition coefficient (Wildman–Crippen LogP) is 2.18. The summed E-state index contributed by atoms with van der Waals surface area (Å²) in [7, 11) is 3.10. The van der Waals surface area contributed by atoms with Crippen LogP contribution in [0, 0.1) is 5.92 Å². The zero-order valence-corrected chi connectivity index (χ0v) is 10.0. The van der Waals surface area contributed by atoms with Crippen LogP contribution in [0.15, 0.2) is 0 Å². The highest BCUT2D eigenvalue weighted by Crippen LogP contribution is 2.25. The van der Waals surface area contributed by atoms with Crippen LogP contribution >= 0.6 is 0 Å². The van der Waals surface area contributed by atoms with E-state index in [1.807, 2.05) is 0 Å². The van der Waals surface area contributed by atoms with E-state index in [1.54, 1.807) is 21.1 Å². The summed E-state index contributed by atoms with van der Waals surface area (Å²) in [4.78, 5) is 0. The van der Waals surface area contributed by atoms with Gasteiger partial charge in [0.15, 0.2) is 6.29 Å². The molecule has 0 saturated heterocycles. The summed E-state index contributed by atoms with van der Waals surface area (Å²) in [5, 5.41) is 10.1. The van der Waals surface area contributed by atoms with Crippen molar-refractivity contribution in [2.24, 2.45) is 5.92 Å². The first-order valence-corrected chi connectivity index (χ1v) is 5.25. The first-order valence-electron chi connectivity index (χ1n) is 5.25. The Morgan fingerprint density at radius 1 is 1.29 bits per heavy atom. The van der Waals surface area contributed by atoms with E-state index in [1.165, 1.54) is 0 Å². The van der Waals surface area contributed by atoms with Crippen LogP contribution in [0.3, 0.4) is 0 Å². The molecule has 0 heterocycles. The van der Waals surface area contributed by atoms with Crippen LogP contribution in [0.1, 0.15) is 40.0 Å². The number of rotatable bonds is 7. The molecule has 3 heteroatoms. The number of aliphatic hydroxyl groups is 1. The van der Waals surface area contributed by atoms with Gasteiger partial charge in [-0.15, -0.1) is 0 Å². The van der Waals surface area contributed by atoms with E-state index in [-0.39, 0.29) is 0 Å². The van der Waals surface area contributed by atoms with Crippen LogP contribution in [0.4, 0.5) is 0 Å². The van der Waals surface area contributed by atoms with Gasteiger partial charge in [-0.3, -0.25) is 0 Å². The Bertz CT molecular complexity index is 141. The van der Waals surface area contributed by atoms with E-state index in [9.17, 15) is 5.11 Å². The Morgan fingerprint density at radius 2 is 1.79 bits per heavy atom. The van der Waals surface area contributed by atoms with E-state index < -0.39 is 11.9 Å². The van der Waals surface area contributed by atoms with Crippen LogP contribution in [-0.4, -0.2) is 31.2 Å². The largest absolute Gasteiger partial charge is 0.385 e. The summed E-state index contributed by atoms with van der Waals surface area (Å²) in [6, 6.07) is 0. The van der Waals surface area contributed by atoms with Gasteiger partial charge in [0.25, 0.3) is 0 Å². The third kappa shape index (κ3) is 4.40. The van der Waals surface area contributed by atoms with E-state index >= 15 is 0 Å². The number of hydrogen-bond acceptors (Lipinski definition) is 3. The molecule has 0 aliphatic rings. The Balaban J connectivity index is 4.15. The number of hydrogen-bond donors (Lipinski definition) is 1. The number of ether oxygens (including phenoxy) is 2. The average Bonchev–Trinajstić information content (AvgIpc) is 2.04. The fraction of sp³-hybridized carbons (Fsp3) is 1.00. The Hall–Kier alpha value is -0.120. The van der Waals surface area contributed by atoms with Crippen LogP contribution < -0.4 is 0 Å². The minimum absolute atomic E-state index is 0.489. The number of methoxy groups -OCH3 is 2. The van der Waals surface area contributed by atoms with Gasteiger partial charge in [-0.05, 0) is 19.3 Å². The molecule has 0 aromatic rings. The molecule has 2 atom stereocenters. The Labute approximate surface area is 87.4 Å². The second-order valence-electron chi connectivity index (χ2n) is 4.26. The lowest BCUT2D eigenvalue weighted by Crippen LogP contribution is -2.43. The third-order valence-corrected chi connectivity index (χ3v) is 2.48. The fourth-order valence-corrected chi connectivity index (χ4v) is 2.00. The van der Waals surface area contributed by atoms with Crippen molar-refractivity contribution in [2.75, 3.05) is 14.2 Å². The summed E-state index contributed by atoms with van der Waals surface area (Å²) < 4.78 is 10.1. The summed E-state index contributed by atoms with van der Waals surface area (Å²) in [6.45, 7) is 6.05. The second-order valence-corrected chi connectivity index (χ2v) is 4.26. The molecule has 3 nitrogen and oxygen atoms in total.